The maximum absolute atomic E-state index is 9.26. The van der Waals surface area contributed by atoms with Crippen molar-refractivity contribution in [2.75, 3.05) is 33.9 Å². The van der Waals surface area contributed by atoms with E-state index in [1.807, 2.05) is 32.3 Å². The van der Waals surface area contributed by atoms with Crippen molar-refractivity contribution in [3.63, 3.8) is 0 Å². The van der Waals surface area contributed by atoms with E-state index < -0.39 is 0 Å². The van der Waals surface area contributed by atoms with Gasteiger partial charge in [0.1, 0.15) is 18.1 Å². The van der Waals surface area contributed by atoms with Gasteiger partial charge in [0.05, 0.1) is 13.2 Å². The molecule has 1 aromatic rings. The van der Waals surface area contributed by atoms with Crippen LogP contribution in [0.4, 0.5) is 0 Å². The molecule has 0 unspecified atom stereocenters. The Hall–Kier alpha value is -1.26. The lowest BCUT2D eigenvalue weighted by Crippen LogP contribution is -2.19. The van der Waals surface area contributed by atoms with Crippen molar-refractivity contribution in [2.45, 2.75) is 20.0 Å². The molecule has 0 fully saturated rings. The SMILES string of the molecule is CCCOc1ccc(CO)c(OCCN(C)C)c1. The second-order valence-corrected chi connectivity index (χ2v) is 4.43. The summed E-state index contributed by atoms with van der Waals surface area (Å²) in [5.74, 6) is 1.49. The number of hydrogen-bond acceptors (Lipinski definition) is 4. The van der Waals surface area contributed by atoms with Crippen LogP contribution >= 0.6 is 0 Å². The van der Waals surface area contributed by atoms with Crippen molar-refractivity contribution < 1.29 is 14.6 Å². The third-order valence-electron chi connectivity index (χ3n) is 2.48. The minimum atomic E-state index is -0.0225. The van der Waals surface area contributed by atoms with Crippen LogP contribution in [0.5, 0.6) is 11.5 Å². The normalized spacial score (nSPS) is 10.7. The largest absolute Gasteiger partial charge is 0.493 e. The van der Waals surface area contributed by atoms with Crippen molar-refractivity contribution in [3.05, 3.63) is 23.8 Å². The van der Waals surface area contributed by atoms with Gasteiger partial charge in [-0.1, -0.05) is 6.92 Å². The summed E-state index contributed by atoms with van der Waals surface area (Å²) >= 11 is 0. The smallest absolute Gasteiger partial charge is 0.128 e. The summed E-state index contributed by atoms with van der Waals surface area (Å²) in [5, 5.41) is 9.26. The van der Waals surface area contributed by atoms with Gasteiger partial charge in [0, 0.05) is 18.2 Å². The molecule has 0 aromatic heterocycles. The highest BCUT2D eigenvalue weighted by molar-refractivity contribution is 5.40. The van der Waals surface area contributed by atoms with E-state index in [0.29, 0.717) is 19.0 Å². The number of ether oxygens (including phenoxy) is 2. The summed E-state index contributed by atoms with van der Waals surface area (Å²) in [7, 11) is 3.99. The quantitative estimate of drug-likeness (QED) is 0.768. The third kappa shape index (κ3) is 4.94. The highest BCUT2D eigenvalue weighted by Crippen LogP contribution is 2.25. The fraction of sp³-hybridized carbons (Fsp3) is 0.571. The monoisotopic (exact) mass is 253 g/mol. The molecule has 0 saturated heterocycles. The number of hydrogen-bond donors (Lipinski definition) is 1. The Bertz CT molecular complexity index is 353. The van der Waals surface area contributed by atoms with Crippen LogP contribution in [0, 0.1) is 0 Å². The first-order chi connectivity index (χ1) is 8.67. The van der Waals surface area contributed by atoms with Crippen LogP contribution in [-0.4, -0.2) is 43.9 Å². The second-order valence-electron chi connectivity index (χ2n) is 4.43. The Morgan fingerprint density at radius 3 is 2.56 bits per heavy atom. The first-order valence-electron chi connectivity index (χ1n) is 6.31. The third-order valence-corrected chi connectivity index (χ3v) is 2.48. The lowest BCUT2D eigenvalue weighted by molar-refractivity contribution is 0.241. The molecule has 102 valence electrons. The molecule has 0 aliphatic carbocycles. The molecule has 1 N–H and O–H groups in total. The molecular weight excluding hydrogens is 230 g/mol. The van der Waals surface area contributed by atoms with Crippen LogP contribution < -0.4 is 9.47 Å². The molecule has 0 bridgehead atoms. The molecule has 0 aliphatic heterocycles. The van der Waals surface area contributed by atoms with Crippen LogP contribution in [0.2, 0.25) is 0 Å². The van der Waals surface area contributed by atoms with Gasteiger partial charge in [0.25, 0.3) is 0 Å². The molecule has 0 amide bonds. The maximum Gasteiger partial charge on any atom is 0.128 e. The minimum absolute atomic E-state index is 0.0225. The van der Waals surface area contributed by atoms with E-state index >= 15 is 0 Å². The Balaban J connectivity index is 2.66. The van der Waals surface area contributed by atoms with Crippen LogP contribution in [0.1, 0.15) is 18.9 Å². The summed E-state index contributed by atoms with van der Waals surface area (Å²) in [6, 6.07) is 5.55. The number of aliphatic hydroxyl groups excluding tert-OH is 1. The first-order valence-corrected chi connectivity index (χ1v) is 6.31. The summed E-state index contributed by atoms with van der Waals surface area (Å²) in [6.07, 6.45) is 0.971. The zero-order chi connectivity index (χ0) is 13.4. The standard InChI is InChI=1S/C14H23NO3/c1-4-8-17-13-6-5-12(11-16)14(10-13)18-9-7-15(2)3/h5-6,10,16H,4,7-9,11H2,1-3H3. The van der Waals surface area contributed by atoms with Gasteiger partial charge in [0.2, 0.25) is 0 Å². The molecule has 0 saturated carbocycles. The summed E-state index contributed by atoms with van der Waals surface area (Å²) < 4.78 is 11.2. The van der Waals surface area contributed by atoms with E-state index in [1.165, 1.54) is 0 Å². The Morgan fingerprint density at radius 1 is 1.17 bits per heavy atom. The summed E-state index contributed by atoms with van der Waals surface area (Å²) in [4.78, 5) is 2.05. The van der Waals surface area contributed by atoms with Crippen molar-refractivity contribution in [2.24, 2.45) is 0 Å². The van der Waals surface area contributed by atoms with Crippen molar-refractivity contribution >= 4 is 0 Å². The lowest BCUT2D eigenvalue weighted by Gasteiger charge is -2.14. The van der Waals surface area contributed by atoms with E-state index in [-0.39, 0.29) is 6.61 Å². The molecule has 18 heavy (non-hydrogen) atoms. The molecule has 4 heteroatoms. The van der Waals surface area contributed by atoms with E-state index in [1.54, 1.807) is 0 Å². The molecule has 1 rings (SSSR count). The number of nitrogens with zero attached hydrogens (tertiary/aromatic N) is 1. The Morgan fingerprint density at radius 2 is 1.94 bits per heavy atom. The van der Waals surface area contributed by atoms with Gasteiger partial charge in [-0.2, -0.15) is 0 Å². The molecule has 1 aromatic carbocycles. The zero-order valence-electron chi connectivity index (χ0n) is 11.5. The molecule has 0 heterocycles. The van der Waals surface area contributed by atoms with Crippen molar-refractivity contribution in [1.29, 1.82) is 0 Å². The molecule has 0 radical (unpaired) electrons. The van der Waals surface area contributed by atoms with Gasteiger partial charge >= 0.3 is 0 Å². The fourth-order valence-electron chi connectivity index (χ4n) is 1.45. The maximum atomic E-state index is 9.26. The number of likely N-dealkylation sites (N-methyl/N-ethyl adjacent to an activating group) is 1. The Labute approximate surface area is 109 Å². The fourth-order valence-corrected chi connectivity index (χ4v) is 1.45. The topological polar surface area (TPSA) is 41.9 Å². The molecule has 0 aliphatic rings. The minimum Gasteiger partial charge on any atom is -0.493 e. The number of benzene rings is 1. The number of aliphatic hydroxyl groups is 1. The number of rotatable bonds is 8. The van der Waals surface area contributed by atoms with Gasteiger partial charge < -0.3 is 19.5 Å². The zero-order valence-corrected chi connectivity index (χ0v) is 11.5. The van der Waals surface area contributed by atoms with Gasteiger partial charge in [-0.25, -0.2) is 0 Å². The van der Waals surface area contributed by atoms with Crippen molar-refractivity contribution in [1.82, 2.24) is 4.90 Å². The lowest BCUT2D eigenvalue weighted by atomic mass is 10.2. The highest BCUT2D eigenvalue weighted by Gasteiger charge is 2.05. The molecular formula is C14H23NO3. The van der Waals surface area contributed by atoms with Gasteiger partial charge in [-0.05, 0) is 32.6 Å². The van der Waals surface area contributed by atoms with E-state index in [0.717, 1.165) is 24.3 Å². The van der Waals surface area contributed by atoms with E-state index in [2.05, 4.69) is 11.8 Å². The van der Waals surface area contributed by atoms with Crippen LogP contribution in [0.15, 0.2) is 18.2 Å². The predicted molar refractivity (Wildman–Crippen MR) is 72.2 cm³/mol. The summed E-state index contributed by atoms with van der Waals surface area (Å²) in [6.45, 7) is 4.17. The predicted octanol–water partition coefficient (Wildman–Crippen LogP) is 1.91. The van der Waals surface area contributed by atoms with Gasteiger partial charge in [-0.15, -0.1) is 0 Å². The molecule has 4 nitrogen and oxygen atoms in total. The average Bonchev–Trinajstić information content (AvgIpc) is 2.36. The van der Waals surface area contributed by atoms with Crippen LogP contribution in [0.3, 0.4) is 0 Å². The van der Waals surface area contributed by atoms with Gasteiger partial charge in [-0.3, -0.25) is 0 Å². The highest BCUT2D eigenvalue weighted by atomic mass is 16.5. The Kier molecular flexibility index (Phi) is 6.54. The van der Waals surface area contributed by atoms with E-state index in [9.17, 15) is 5.11 Å². The summed E-state index contributed by atoms with van der Waals surface area (Å²) in [5.41, 5.74) is 0.789. The van der Waals surface area contributed by atoms with Gasteiger partial charge in [0.15, 0.2) is 0 Å². The second kappa shape index (κ2) is 7.95. The van der Waals surface area contributed by atoms with Crippen molar-refractivity contribution in [3.8, 4) is 11.5 Å². The average molecular weight is 253 g/mol. The van der Waals surface area contributed by atoms with Crippen LogP contribution in [-0.2, 0) is 6.61 Å². The van der Waals surface area contributed by atoms with E-state index in [4.69, 9.17) is 9.47 Å². The molecule has 0 spiro atoms. The first kappa shape index (κ1) is 14.8. The van der Waals surface area contributed by atoms with Crippen LogP contribution in [0.25, 0.3) is 0 Å². The molecule has 0 atom stereocenters.